The van der Waals surface area contributed by atoms with Crippen LogP contribution in [0.1, 0.15) is 84.0 Å². The summed E-state index contributed by atoms with van der Waals surface area (Å²) in [4.78, 5) is 34.1. The highest BCUT2D eigenvalue weighted by Gasteiger charge is 2.40. The van der Waals surface area contributed by atoms with E-state index < -0.39 is 45.8 Å². The SMILES string of the molecule is C=C(C)C(=O)CCCCN(Cc1ccc(C(F)(F)F)cc1B(O)O)Cc1c2ccccc2c(CN(CCCNC(=O)C(=C)C)Cc2ccc(C(F)(F)F)cc2B(O)O)c2ccc(-c3cc(OC)cc(C4=C5C=CC(=NC)C=C5[Si](C)(C)c5cc(NC)ccc54)c3)cc12. The number of hydrogen-bond acceptors (Lipinski definition) is 11. The topological polar surface area (TPSA) is 167 Å². The first kappa shape index (κ1) is 68.2. The molecule has 9 rings (SSSR count). The number of rotatable bonds is 25. The molecule has 7 aromatic rings. The highest BCUT2D eigenvalue weighted by atomic mass is 28.3. The molecule has 0 spiro atoms. The van der Waals surface area contributed by atoms with E-state index in [1.165, 1.54) is 22.5 Å². The number of carbonyl (C=O) groups is 2. The van der Waals surface area contributed by atoms with Gasteiger partial charge in [0.1, 0.15) is 13.8 Å². The van der Waals surface area contributed by atoms with E-state index in [1.54, 1.807) is 28.0 Å². The second-order valence-electron chi connectivity index (χ2n) is 24.2. The minimum atomic E-state index is -4.77. The predicted molar refractivity (Wildman–Crippen MR) is 360 cm³/mol. The van der Waals surface area contributed by atoms with Crippen molar-refractivity contribution in [1.82, 2.24) is 15.1 Å². The summed E-state index contributed by atoms with van der Waals surface area (Å²) in [5, 5.41) is 54.3. The van der Waals surface area contributed by atoms with Crippen LogP contribution in [0.4, 0.5) is 32.0 Å². The number of Topliss-reactive ketones (excluding diaryl/α,β-unsaturated/α-hetero) is 1. The summed E-state index contributed by atoms with van der Waals surface area (Å²) in [6, 6.07) is 32.3. The molecule has 0 bridgehead atoms. The van der Waals surface area contributed by atoms with Crippen LogP contribution in [-0.4, -0.2) is 110 Å². The monoisotopic (exact) mass is 1270 g/mol. The summed E-state index contributed by atoms with van der Waals surface area (Å²) in [6.07, 6.45) is -1.68. The van der Waals surface area contributed by atoms with Crippen molar-refractivity contribution in [3.63, 3.8) is 0 Å². The number of amides is 1. The molecule has 0 aromatic heterocycles. The first-order valence-electron chi connectivity index (χ1n) is 30.4. The van der Waals surface area contributed by atoms with E-state index in [2.05, 4.69) is 84.4 Å². The Kier molecular flexibility index (Phi) is 21.1. The molecule has 0 atom stereocenters. The van der Waals surface area contributed by atoms with E-state index in [0.717, 1.165) is 102 Å². The average molecular weight is 1270 g/mol. The molecule has 2 aliphatic rings. The van der Waals surface area contributed by atoms with Gasteiger partial charge in [-0.1, -0.05) is 86.9 Å². The van der Waals surface area contributed by atoms with Crippen LogP contribution in [0.3, 0.4) is 0 Å². The second-order valence-corrected chi connectivity index (χ2v) is 28.5. The molecule has 0 saturated heterocycles. The van der Waals surface area contributed by atoms with Gasteiger partial charge in [-0.3, -0.25) is 24.4 Å². The standard InChI is InChI=1S/C71H75B2F6N5O7Si/c1-43(2)65(85)17-12-13-29-83(39-46-18-21-50(70(74,75)76)35-63(46)72(87)88)42-62-56-16-11-10-15-55(56)61(41-84(30-14-28-82-69(86)44(3)4)40-47-19-22-51(71(77,78)79)36-64(47)73(89)90)57-25-20-45(34-60(57)62)48-31-49(33-54(32-48)91-7)68-58-26-23-52(80-5)37-66(58)92(8,9)67-38-53(81-6)24-27-59(67)68/h10-11,15-16,18-27,31-38,80,87-90H,1,3,12-14,17,28-30,39-42H2,2,4-9H3,(H,82,86). The maximum absolute atomic E-state index is 14.2. The minimum absolute atomic E-state index is 0.0389. The Hall–Kier alpha value is -8.14. The Labute approximate surface area is 534 Å². The molecular formula is C71H75B2F6N5O7Si. The first-order chi connectivity index (χ1) is 43.6. The van der Waals surface area contributed by atoms with Gasteiger partial charge in [-0.15, -0.1) is 0 Å². The third kappa shape index (κ3) is 15.2. The number of nitrogens with zero attached hydrogens (tertiary/aromatic N) is 3. The van der Waals surface area contributed by atoms with E-state index in [0.29, 0.717) is 42.7 Å². The number of carbonyl (C=O) groups excluding carboxylic acids is 2. The third-order valence-electron chi connectivity index (χ3n) is 17.4. The number of ketones is 1. The van der Waals surface area contributed by atoms with Crippen molar-refractivity contribution in [2.75, 3.05) is 46.2 Å². The van der Waals surface area contributed by atoms with Crippen molar-refractivity contribution in [1.29, 1.82) is 0 Å². The lowest BCUT2D eigenvalue weighted by Crippen LogP contribution is -2.49. The number of nitrogens with one attached hydrogen (secondary N) is 2. The molecule has 1 aliphatic carbocycles. The smallest absolute Gasteiger partial charge is 0.488 e. The number of allylic oxidation sites excluding steroid dienone is 6. The Morgan fingerprint density at radius 1 is 0.652 bits per heavy atom. The van der Waals surface area contributed by atoms with Gasteiger partial charge >= 0.3 is 26.6 Å². The maximum atomic E-state index is 14.2. The van der Waals surface area contributed by atoms with Crippen molar-refractivity contribution in [3.8, 4) is 16.9 Å². The molecular weight excluding hydrogens is 1200 g/mol. The second kappa shape index (κ2) is 28.4. The zero-order valence-electron chi connectivity index (χ0n) is 52.7. The average Bonchev–Trinajstić information content (AvgIpc) is 0.730. The number of methoxy groups -OCH3 is 1. The summed E-state index contributed by atoms with van der Waals surface area (Å²) >= 11 is 0. The number of hydrogen-bond donors (Lipinski definition) is 6. The number of fused-ring (bicyclic) bond motifs is 4. The lowest BCUT2D eigenvalue weighted by atomic mass is 9.76. The molecule has 478 valence electrons. The molecule has 6 N–H and O–H groups in total. The van der Waals surface area contributed by atoms with Gasteiger partial charge in [0, 0.05) is 71.0 Å². The van der Waals surface area contributed by atoms with Crippen LogP contribution in [-0.2, 0) is 48.1 Å². The number of aliphatic imine (C=N–C) groups is 1. The number of halogens is 6. The maximum Gasteiger partial charge on any atom is 0.488 e. The van der Waals surface area contributed by atoms with Crippen molar-refractivity contribution >= 4 is 88.6 Å². The van der Waals surface area contributed by atoms with Crippen molar-refractivity contribution in [3.05, 3.63) is 213 Å². The molecule has 0 saturated carbocycles. The first-order valence-corrected chi connectivity index (χ1v) is 33.4. The Bertz CT molecular complexity index is 4160. The fourth-order valence-corrected chi connectivity index (χ4v) is 15.6. The largest absolute Gasteiger partial charge is 0.497 e. The van der Waals surface area contributed by atoms with Gasteiger partial charge in [0.15, 0.2) is 5.78 Å². The molecule has 21 heteroatoms. The summed E-state index contributed by atoms with van der Waals surface area (Å²) in [5.41, 5.74) is 7.57. The number of benzene rings is 7. The predicted octanol–water partition coefficient (Wildman–Crippen LogP) is 11.3. The Morgan fingerprint density at radius 3 is 1.77 bits per heavy atom. The molecule has 1 aliphatic heterocycles. The van der Waals surface area contributed by atoms with Crippen LogP contribution in [0, 0.1) is 0 Å². The fraction of sp³-hybridized carbons (Fsp3) is 0.282. The highest BCUT2D eigenvalue weighted by molar-refractivity contribution is 6.98. The molecule has 0 radical (unpaired) electrons. The van der Waals surface area contributed by atoms with Gasteiger partial charge < -0.3 is 35.5 Å². The number of unbranched alkanes of at least 4 members (excludes halogenated alkanes) is 1. The van der Waals surface area contributed by atoms with Crippen LogP contribution < -0.4 is 31.5 Å². The summed E-state index contributed by atoms with van der Waals surface area (Å²) < 4.78 is 91.2. The lowest BCUT2D eigenvalue weighted by Gasteiger charge is -2.38. The van der Waals surface area contributed by atoms with Crippen molar-refractivity contribution in [2.45, 2.75) is 91.2 Å². The summed E-state index contributed by atoms with van der Waals surface area (Å²) in [7, 11) is -1.54. The van der Waals surface area contributed by atoms with Gasteiger partial charge in [-0.2, -0.15) is 26.3 Å². The number of ether oxygens (including phenoxy) is 1. The zero-order valence-corrected chi connectivity index (χ0v) is 53.7. The van der Waals surface area contributed by atoms with Gasteiger partial charge in [0.2, 0.25) is 5.91 Å². The van der Waals surface area contributed by atoms with Crippen LogP contribution in [0.5, 0.6) is 5.75 Å². The van der Waals surface area contributed by atoms with Crippen LogP contribution in [0.25, 0.3) is 38.2 Å². The normalized spacial score (nSPS) is 14.2. The van der Waals surface area contributed by atoms with Gasteiger partial charge in [0.05, 0.1) is 23.9 Å². The van der Waals surface area contributed by atoms with Crippen LogP contribution >= 0.6 is 0 Å². The van der Waals surface area contributed by atoms with Crippen LogP contribution in [0.15, 0.2) is 174 Å². The summed E-state index contributed by atoms with van der Waals surface area (Å²) in [5.74, 6) is 0.127. The van der Waals surface area contributed by atoms with E-state index in [1.807, 2.05) is 71.5 Å². The van der Waals surface area contributed by atoms with E-state index in [-0.39, 0.29) is 79.4 Å². The quantitative estimate of drug-likeness (QED) is 0.0107. The van der Waals surface area contributed by atoms with Gasteiger partial charge in [-0.05, 0) is 217 Å². The van der Waals surface area contributed by atoms with Crippen LogP contribution in [0.2, 0.25) is 13.1 Å². The highest BCUT2D eigenvalue weighted by Crippen LogP contribution is 2.45. The minimum Gasteiger partial charge on any atom is -0.497 e. The number of anilines is 1. The number of alkyl halides is 6. The zero-order chi connectivity index (χ0) is 66.6. The van der Waals surface area contributed by atoms with Crippen molar-refractivity contribution in [2.24, 2.45) is 4.99 Å². The third-order valence-corrected chi connectivity index (χ3v) is 21.0. The molecule has 1 heterocycles. The molecule has 7 aromatic carbocycles. The molecule has 12 nitrogen and oxygen atoms in total. The van der Waals surface area contributed by atoms with E-state index in [4.69, 9.17) is 4.74 Å². The fourth-order valence-electron chi connectivity index (χ4n) is 12.5. The van der Waals surface area contributed by atoms with E-state index in [9.17, 15) is 56.0 Å². The lowest BCUT2D eigenvalue weighted by molar-refractivity contribution is -0.138. The molecule has 92 heavy (non-hydrogen) atoms. The molecule has 0 unspecified atom stereocenters. The molecule has 1 amide bonds. The van der Waals surface area contributed by atoms with Gasteiger partial charge in [-0.25, -0.2) is 0 Å². The summed E-state index contributed by atoms with van der Waals surface area (Å²) in [6.45, 7) is 16.5. The Balaban J connectivity index is 1.27. The van der Waals surface area contributed by atoms with E-state index >= 15 is 0 Å². The molecule has 0 fully saturated rings. The Morgan fingerprint density at radius 2 is 1.23 bits per heavy atom. The van der Waals surface area contributed by atoms with Gasteiger partial charge in [0.25, 0.3) is 0 Å². The van der Waals surface area contributed by atoms with Crippen molar-refractivity contribution < 1.29 is 60.8 Å².